The van der Waals surface area contributed by atoms with Gasteiger partial charge in [-0.15, -0.1) is 11.3 Å². The maximum Gasteiger partial charge on any atom is 0.225 e. The maximum absolute atomic E-state index is 11.8. The van der Waals surface area contributed by atoms with Gasteiger partial charge in [-0.25, -0.2) is 0 Å². The molecule has 0 bridgehead atoms. The SMILES string of the molecule is CC(C)(C)c1cc(NC(=O)CCc2cccs2)n[nH]1. The Hall–Kier alpha value is -1.62. The minimum Gasteiger partial charge on any atom is -0.309 e. The molecule has 2 aromatic rings. The number of carbonyl (C=O) groups excluding carboxylic acids is 1. The van der Waals surface area contributed by atoms with E-state index >= 15 is 0 Å². The monoisotopic (exact) mass is 277 g/mol. The number of nitrogens with one attached hydrogen (secondary N) is 2. The van der Waals surface area contributed by atoms with E-state index in [1.807, 2.05) is 23.6 Å². The zero-order valence-electron chi connectivity index (χ0n) is 11.5. The van der Waals surface area contributed by atoms with Gasteiger partial charge < -0.3 is 5.32 Å². The summed E-state index contributed by atoms with van der Waals surface area (Å²) in [6.45, 7) is 6.30. The second-order valence-corrected chi connectivity index (χ2v) is 6.58. The van der Waals surface area contributed by atoms with Crippen LogP contribution in [0.5, 0.6) is 0 Å². The van der Waals surface area contributed by atoms with Gasteiger partial charge in [-0.05, 0) is 17.9 Å². The molecule has 0 saturated carbocycles. The average molecular weight is 277 g/mol. The Morgan fingerprint density at radius 1 is 1.47 bits per heavy atom. The van der Waals surface area contributed by atoms with E-state index in [4.69, 9.17) is 0 Å². The van der Waals surface area contributed by atoms with E-state index in [0.717, 1.165) is 12.1 Å². The van der Waals surface area contributed by atoms with E-state index < -0.39 is 0 Å². The van der Waals surface area contributed by atoms with E-state index in [1.54, 1.807) is 11.3 Å². The summed E-state index contributed by atoms with van der Waals surface area (Å²) < 4.78 is 0. The summed E-state index contributed by atoms with van der Waals surface area (Å²) in [5.74, 6) is 0.599. The molecule has 1 amide bonds. The fourth-order valence-electron chi connectivity index (χ4n) is 1.67. The largest absolute Gasteiger partial charge is 0.309 e. The van der Waals surface area contributed by atoms with Crippen LogP contribution >= 0.6 is 11.3 Å². The van der Waals surface area contributed by atoms with E-state index in [1.165, 1.54) is 4.88 Å². The predicted octanol–water partition coefficient (Wildman–Crippen LogP) is 3.34. The van der Waals surface area contributed by atoms with Gasteiger partial charge in [0.05, 0.1) is 0 Å². The highest BCUT2D eigenvalue weighted by Crippen LogP contribution is 2.22. The van der Waals surface area contributed by atoms with Crippen molar-refractivity contribution in [1.29, 1.82) is 0 Å². The van der Waals surface area contributed by atoms with Crippen molar-refractivity contribution >= 4 is 23.1 Å². The summed E-state index contributed by atoms with van der Waals surface area (Å²) in [4.78, 5) is 13.0. The highest BCUT2D eigenvalue weighted by Gasteiger charge is 2.17. The Morgan fingerprint density at radius 3 is 2.84 bits per heavy atom. The first-order valence-electron chi connectivity index (χ1n) is 6.33. The average Bonchev–Trinajstić information content (AvgIpc) is 2.95. The van der Waals surface area contributed by atoms with Gasteiger partial charge in [0.25, 0.3) is 0 Å². The maximum atomic E-state index is 11.8. The van der Waals surface area contributed by atoms with E-state index in [9.17, 15) is 4.79 Å². The van der Waals surface area contributed by atoms with E-state index in [0.29, 0.717) is 12.2 Å². The minimum absolute atomic E-state index is 0.000333. The number of H-pyrrole nitrogens is 1. The van der Waals surface area contributed by atoms with Crippen LogP contribution in [0.4, 0.5) is 5.82 Å². The Morgan fingerprint density at radius 2 is 2.26 bits per heavy atom. The number of anilines is 1. The lowest BCUT2D eigenvalue weighted by atomic mass is 9.92. The lowest BCUT2D eigenvalue weighted by Crippen LogP contribution is -2.12. The summed E-state index contributed by atoms with van der Waals surface area (Å²) in [5.41, 5.74) is 1.02. The van der Waals surface area contributed by atoms with Crippen molar-refractivity contribution in [3.8, 4) is 0 Å². The fraction of sp³-hybridized carbons (Fsp3) is 0.429. The Balaban J connectivity index is 1.87. The van der Waals surface area contributed by atoms with Gasteiger partial charge in [-0.2, -0.15) is 5.10 Å². The molecular formula is C14H19N3OS. The zero-order chi connectivity index (χ0) is 13.9. The number of aromatic nitrogens is 2. The molecular weight excluding hydrogens is 258 g/mol. The van der Waals surface area contributed by atoms with Crippen LogP contribution in [-0.4, -0.2) is 16.1 Å². The standard InChI is InChI=1S/C14H19N3OS/c1-14(2,3)11-9-12(17-16-11)15-13(18)7-6-10-5-4-8-19-10/h4-5,8-9H,6-7H2,1-3H3,(H2,15,16,17,18). The number of aryl methyl sites for hydroxylation is 1. The molecule has 0 aromatic carbocycles. The first-order valence-corrected chi connectivity index (χ1v) is 7.21. The van der Waals surface area contributed by atoms with Crippen LogP contribution in [0.15, 0.2) is 23.6 Å². The van der Waals surface area contributed by atoms with E-state index in [2.05, 4.69) is 36.3 Å². The van der Waals surface area contributed by atoms with Gasteiger partial charge in [-0.1, -0.05) is 26.8 Å². The third-order valence-electron chi connectivity index (χ3n) is 2.83. The fourth-order valence-corrected chi connectivity index (χ4v) is 2.38. The van der Waals surface area contributed by atoms with Crippen molar-refractivity contribution in [2.45, 2.75) is 39.0 Å². The molecule has 5 heteroatoms. The van der Waals surface area contributed by atoms with Crippen molar-refractivity contribution in [2.75, 3.05) is 5.32 Å². The minimum atomic E-state index is 0.000333. The molecule has 2 heterocycles. The number of thiophene rings is 1. The third-order valence-corrected chi connectivity index (χ3v) is 3.77. The zero-order valence-corrected chi connectivity index (χ0v) is 12.3. The second-order valence-electron chi connectivity index (χ2n) is 5.54. The van der Waals surface area contributed by atoms with Crippen LogP contribution in [0.3, 0.4) is 0 Å². The Labute approximate surface area is 117 Å². The van der Waals surface area contributed by atoms with Crippen molar-refractivity contribution in [3.63, 3.8) is 0 Å². The molecule has 0 radical (unpaired) electrons. The molecule has 0 aliphatic rings. The lowest BCUT2D eigenvalue weighted by Gasteiger charge is -2.14. The normalized spacial score (nSPS) is 11.5. The van der Waals surface area contributed by atoms with Gasteiger partial charge in [0, 0.05) is 28.5 Å². The lowest BCUT2D eigenvalue weighted by molar-refractivity contribution is -0.116. The van der Waals surface area contributed by atoms with Crippen LogP contribution in [-0.2, 0) is 16.6 Å². The van der Waals surface area contributed by atoms with Crippen LogP contribution in [0.2, 0.25) is 0 Å². The van der Waals surface area contributed by atoms with Crippen LogP contribution < -0.4 is 5.32 Å². The molecule has 4 nitrogen and oxygen atoms in total. The van der Waals surface area contributed by atoms with Gasteiger partial charge in [-0.3, -0.25) is 9.89 Å². The van der Waals surface area contributed by atoms with Crippen LogP contribution in [0, 0.1) is 0 Å². The second kappa shape index (κ2) is 5.57. The van der Waals surface area contributed by atoms with Crippen molar-refractivity contribution in [2.24, 2.45) is 0 Å². The quantitative estimate of drug-likeness (QED) is 0.900. The van der Waals surface area contributed by atoms with Crippen molar-refractivity contribution in [1.82, 2.24) is 10.2 Å². The Kier molecular flexibility index (Phi) is 4.04. The highest BCUT2D eigenvalue weighted by molar-refractivity contribution is 7.09. The molecule has 102 valence electrons. The molecule has 2 aromatic heterocycles. The number of carbonyl (C=O) groups is 1. The number of aromatic amines is 1. The van der Waals surface area contributed by atoms with Crippen molar-refractivity contribution < 1.29 is 4.79 Å². The molecule has 0 unspecified atom stereocenters. The molecule has 2 rings (SSSR count). The predicted molar refractivity (Wildman–Crippen MR) is 78.6 cm³/mol. The molecule has 0 aliphatic heterocycles. The topological polar surface area (TPSA) is 57.8 Å². The van der Waals surface area contributed by atoms with Gasteiger partial charge in [0.1, 0.15) is 0 Å². The summed E-state index contributed by atoms with van der Waals surface area (Å²) in [5, 5.41) is 11.9. The first-order chi connectivity index (χ1) is 8.95. The number of hydrogen-bond donors (Lipinski definition) is 2. The number of hydrogen-bond acceptors (Lipinski definition) is 3. The van der Waals surface area contributed by atoms with Crippen LogP contribution in [0.1, 0.15) is 37.8 Å². The smallest absolute Gasteiger partial charge is 0.225 e. The highest BCUT2D eigenvalue weighted by atomic mass is 32.1. The summed E-state index contributed by atoms with van der Waals surface area (Å²) >= 11 is 1.68. The molecule has 19 heavy (non-hydrogen) atoms. The van der Waals surface area contributed by atoms with Gasteiger partial charge in [0.15, 0.2) is 5.82 Å². The van der Waals surface area contributed by atoms with E-state index in [-0.39, 0.29) is 11.3 Å². The Bertz CT molecular complexity index is 537. The number of amides is 1. The third kappa shape index (κ3) is 3.92. The molecule has 0 atom stereocenters. The van der Waals surface area contributed by atoms with Crippen molar-refractivity contribution in [3.05, 3.63) is 34.2 Å². The van der Waals surface area contributed by atoms with Crippen LogP contribution in [0.25, 0.3) is 0 Å². The molecule has 0 aliphatic carbocycles. The summed E-state index contributed by atoms with van der Waals surface area (Å²) in [6.07, 6.45) is 1.26. The molecule has 2 N–H and O–H groups in total. The molecule has 0 spiro atoms. The number of rotatable bonds is 4. The van der Waals surface area contributed by atoms with Gasteiger partial charge in [0.2, 0.25) is 5.91 Å². The summed E-state index contributed by atoms with van der Waals surface area (Å²) in [6, 6.07) is 5.94. The molecule has 0 saturated heterocycles. The summed E-state index contributed by atoms with van der Waals surface area (Å²) in [7, 11) is 0. The van der Waals surface area contributed by atoms with Gasteiger partial charge >= 0.3 is 0 Å². The molecule has 0 fully saturated rings. The number of nitrogens with zero attached hydrogens (tertiary/aromatic N) is 1. The first kappa shape index (κ1) is 13.8.